The molecular formula is C27H25ClN4O. The highest BCUT2D eigenvalue weighted by Gasteiger charge is 2.05. The third-order valence-corrected chi connectivity index (χ3v) is 5.45. The minimum Gasteiger partial charge on any atom is -0.399 e. The monoisotopic (exact) mass is 456 g/mol. The fourth-order valence-corrected chi connectivity index (χ4v) is 3.55. The third-order valence-electron chi connectivity index (χ3n) is 5.21. The lowest BCUT2D eigenvalue weighted by atomic mass is 10.1. The van der Waals surface area contributed by atoms with Gasteiger partial charge < -0.3 is 16.2 Å². The third kappa shape index (κ3) is 6.24. The second-order valence-corrected chi connectivity index (χ2v) is 8.12. The van der Waals surface area contributed by atoms with Gasteiger partial charge in [0.1, 0.15) is 5.82 Å². The number of fused-ring (bicyclic) bond motifs is 1. The minimum atomic E-state index is 0.395. The summed E-state index contributed by atoms with van der Waals surface area (Å²) in [6.45, 7) is 1.86. The number of nitrogens with two attached hydrogens (primary N) is 2. The summed E-state index contributed by atoms with van der Waals surface area (Å²) >= 11 is 6.15. The van der Waals surface area contributed by atoms with Crippen molar-refractivity contribution in [1.82, 2.24) is 10.3 Å². The van der Waals surface area contributed by atoms with Gasteiger partial charge in [-0.05, 0) is 53.9 Å². The van der Waals surface area contributed by atoms with E-state index in [1.54, 1.807) is 6.20 Å². The molecule has 0 aliphatic carbocycles. The van der Waals surface area contributed by atoms with E-state index in [-0.39, 0.29) is 0 Å². The van der Waals surface area contributed by atoms with Crippen molar-refractivity contribution in [3.05, 3.63) is 100 Å². The summed E-state index contributed by atoms with van der Waals surface area (Å²) in [5, 5.41) is 5.78. The molecule has 0 aliphatic heterocycles. The molecule has 5 N–H and O–H groups in total. The zero-order valence-corrected chi connectivity index (χ0v) is 18.9. The summed E-state index contributed by atoms with van der Waals surface area (Å²) in [7, 11) is 0. The van der Waals surface area contributed by atoms with E-state index in [4.69, 9.17) is 27.8 Å². The minimum absolute atomic E-state index is 0.395. The maximum Gasteiger partial charge on any atom is 0.139 e. The van der Waals surface area contributed by atoms with E-state index in [1.165, 1.54) is 5.56 Å². The maximum atomic E-state index is 6.15. The number of rotatable bonds is 7. The van der Waals surface area contributed by atoms with E-state index in [9.17, 15) is 0 Å². The fourth-order valence-electron chi connectivity index (χ4n) is 3.38. The normalized spacial score (nSPS) is 10.7. The first kappa shape index (κ1) is 22.6. The highest BCUT2D eigenvalue weighted by molar-refractivity contribution is 6.31. The number of halogens is 1. The number of nitrogens with zero attached hydrogens (tertiary/aromatic N) is 1. The highest BCUT2D eigenvalue weighted by Crippen LogP contribution is 2.24. The van der Waals surface area contributed by atoms with Crippen molar-refractivity contribution in [3.8, 4) is 11.8 Å². The van der Waals surface area contributed by atoms with Gasteiger partial charge in [0.25, 0.3) is 0 Å². The zero-order valence-electron chi connectivity index (χ0n) is 18.1. The number of hydrogen-bond donors (Lipinski definition) is 3. The number of nitrogen functional groups attached to an aromatic ring is 2. The Morgan fingerprint density at radius 3 is 2.45 bits per heavy atom. The lowest BCUT2D eigenvalue weighted by Crippen LogP contribution is -2.20. The number of nitrogens with one attached hydrogen (secondary N) is 1. The predicted octanol–water partition coefficient (Wildman–Crippen LogP) is 4.76. The smallest absolute Gasteiger partial charge is 0.139 e. The molecule has 5 nitrogen and oxygen atoms in total. The molecule has 1 aromatic heterocycles. The number of hydrogen-bond acceptors (Lipinski definition) is 5. The van der Waals surface area contributed by atoms with Gasteiger partial charge in [0.15, 0.2) is 0 Å². The van der Waals surface area contributed by atoms with E-state index in [2.05, 4.69) is 22.1 Å². The molecule has 0 bridgehead atoms. The van der Waals surface area contributed by atoms with Crippen LogP contribution in [-0.2, 0) is 17.8 Å². The van der Waals surface area contributed by atoms with Gasteiger partial charge in [0, 0.05) is 39.8 Å². The van der Waals surface area contributed by atoms with Crippen LogP contribution in [0.25, 0.3) is 10.8 Å². The predicted molar refractivity (Wildman–Crippen MR) is 136 cm³/mol. The van der Waals surface area contributed by atoms with Crippen LogP contribution in [0.2, 0.25) is 5.02 Å². The standard InChI is InChI=1S/C27H25ClN4O/c28-23-9-8-22-16-32-27(30)25(26(22)15-23)12-7-19-1-3-21(4-2-19)17-33-18-31-14-13-20-5-10-24(29)11-6-20/h1-6,8-11,15-16,31H,13-14,17-18,29H2,(H2,30,32). The molecule has 0 saturated carbocycles. The number of pyridine rings is 1. The lowest BCUT2D eigenvalue weighted by Gasteiger charge is -2.07. The average Bonchev–Trinajstić information content (AvgIpc) is 2.82. The highest BCUT2D eigenvalue weighted by atomic mass is 35.5. The van der Waals surface area contributed by atoms with Gasteiger partial charge in [-0.1, -0.05) is 53.8 Å². The summed E-state index contributed by atoms with van der Waals surface area (Å²) in [6, 6.07) is 21.5. The molecule has 166 valence electrons. The largest absolute Gasteiger partial charge is 0.399 e. The number of benzene rings is 3. The first-order chi connectivity index (χ1) is 16.1. The van der Waals surface area contributed by atoms with E-state index in [0.717, 1.165) is 40.6 Å². The van der Waals surface area contributed by atoms with E-state index >= 15 is 0 Å². The van der Waals surface area contributed by atoms with Crippen molar-refractivity contribution in [2.24, 2.45) is 0 Å². The molecule has 0 unspecified atom stereocenters. The van der Waals surface area contributed by atoms with Crippen LogP contribution in [-0.4, -0.2) is 18.3 Å². The molecule has 3 aromatic carbocycles. The molecule has 1 heterocycles. The second-order valence-electron chi connectivity index (χ2n) is 7.68. The Balaban J connectivity index is 1.29. The SMILES string of the molecule is Nc1ccc(CCNCOCc2ccc(C#Cc3c(N)ncc4ccc(Cl)cc34)cc2)cc1. The number of ether oxygens (including phenoxy) is 1. The molecule has 4 aromatic rings. The Hall–Kier alpha value is -3.56. The van der Waals surface area contributed by atoms with Crippen molar-refractivity contribution < 1.29 is 4.74 Å². The zero-order chi connectivity index (χ0) is 23.0. The molecule has 0 spiro atoms. The summed E-state index contributed by atoms with van der Waals surface area (Å²) in [6.07, 6.45) is 2.66. The van der Waals surface area contributed by atoms with Crippen LogP contribution in [0.4, 0.5) is 11.5 Å². The van der Waals surface area contributed by atoms with Gasteiger partial charge in [-0.3, -0.25) is 5.32 Å². The van der Waals surface area contributed by atoms with E-state index < -0.39 is 0 Å². The number of anilines is 2. The first-order valence-corrected chi connectivity index (χ1v) is 11.0. The summed E-state index contributed by atoms with van der Waals surface area (Å²) in [4.78, 5) is 4.24. The van der Waals surface area contributed by atoms with Gasteiger partial charge in [-0.15, -0.1) is 0 Å². The maximum absolute atomic E-state index is 6.15. The average molecular weight is 457 g/mol. The lowest BCUT2D eigenvalue weighted by molar-refractivity contribution is 0.104. The molecule has 0 saturated heterocycles. The van der Waals surface area contributed by atoms with Gasteiger partial charge in [-0.25, -0.2) is 4.98 Å². The molecule has 6 heteroatoms. The Morgan fingerprint density at radius 1 is 0.909 bits per heavy atom. The Morgan fingerprint density at radius 2 is 1.67 bits per heavy atom. The Kier molecular flexibility index (Phi) is 7.43. The topological polar surface area (TPSA) is 86.2 Å². The quantitative estimate of drug-likeness (QED) is 0.161. The molecule has 0 atom stereocenters. The van der Waals surface area contributed by atoms with Gasteiger partial charge in [0.2, 0.25) is 0 Å². The molecular weight excluding hydrogens is 432 g/mol. The van der Waals surface area contributed by atoms with E-state index in [1.807, 2.05) is 66.7 Å². The van der Waals surface area contributed by atoms with Crippen LogP contribution >= 0.6 is 11.6 Å². The molecule has 0 aliphatic rings. The van der Waals surface area contributed by atoms with Crippen LogP contribution in [0.1, 0.15) is 22.3 Å². The van der Waals surface area contributed by atoms with Crippen LogP contribution in [0.15, 0.2) is 72.9 Å². The van der Waals surface area contributed by atoms with Crippen LogP contribution in [0.5, 0.6) is 0 Å². The summed E-state index contributed by atoms with van der Waals surface area (Å²) in [5.74, 6) is 6.72. The van der Waals surface area contributed by atoms with Gasteiger partial charge in [-0.2, -0.15) is 0 Å². The van der Waals surface area contributed by atoms with Gasteiger partial charge in [0.05, 0.1) is 18.9 Å². The first-order valence-electron chi connectivity index (χ1n) is 10.7. The fraction of sp³-hybridized carbons (Fsp3) is 0.148. The van der Waals surface area contributed by atoms with E-state index in [0.29, 0.717) is 29.7 Å². The van der Waals surface area contributed by atoms with Crippen LogP contribution in [0.3, 0.4) is 0 Å². The van der Waals surface area contributed by atoms with Crippen molar-refractivity contribution in [2.75, 3.05) is 24.7 Å². The van der Waals surface area contributed by atoms with Crippen molar-refractivity contribution in [1.29, 1.82) is 0 Å². The molecule has 33 heavy (non-hydrogen) atoms. The summed E-state index contributed by atoms with van der Waals surface area (Å²) in [5.41, 5.74) is 16.5. The van der Waals surface area contributed by atoms with Gasteiger partial charge >= 0.3 is 0 Å². The van der Waals surface area contributed by atoms with Crippen LogP contribution in [0, 0.1) is 11.8 Å². The van der Waals surface area contributed by atoms with Crippen molar-refractivity contribution in [3.63, 3.8) is 0 Å². The second kappa shape index (κ2) is 10.8. The number of aromatic nitrogens is 1. The molecule has 0 radical (unpaired) electrons. The van der Waals surface area contributed by atoms with Crippen molar-refractivity contribution >= 4 is 33.9 Å². The Labute approximate surface area is 198 Å². The molecule has 0 fully saturated rings. The van der Waals surface area contributed by atoms with Crippen molar-refractivity contribution in [2.45, 2.75) is 13.0 Å². The Bertz CT molecular complexity index is 1290. The summed E-state index contributed by atoms with van der Waals surface area (Å²) < 4.78 is 5.72. The molecule has 4 rings (SSSR count). The van der Waals surface area contributed by atoms with Crippen LogP contribution < -0.4 is 16.8 Å². The molecule has 0 amide bonds.